The minimum Gasteiger partial charge on any atom is -0.505 e. The second kappa shape index (κ2) is 7.64. The molecule has 2 heterocycles. The molecule has 0 unspecified atom stereocenters. The van der Waals surface area contributed by atoms with Gasteiger partial charge in [0.25, 0.3) is 10.0 Å². The third-order valence-corrected chi connectivity index (χ3v) is 7.97. The van der Waals surface area contributed by atoms with Crippen LogP contribution in [0.4, 0.5) is 4.39 Å². The molecule has 0 radical (unpaired) electrons. The van der Waals surface area contributed by atoms with Gasteiger partial charge in [-0.2, -0.15) is 4.31 Å². The number of sulfonamides is 1. The molecule has 140 valence electrons. The van der Waals surface area contributed by atoms with Crippen LogP contribution in [0, 0.1) is 5.82 Å². The van der Waals surface area contributed by atoms with E-state index in [-0.39, 0.29) is 22.8 Å². The van der Waals surface area contributed by atoms with Crippen molar-refractivity contribution in [2.24, 2.45) is 0 Å². The molecular formula is C17H17ClFNO4S2. The predicted octanol–water partition coefficient (Wildman–Crippen LogP) is 3.60. The van der Waals surface area contributed by atoms with Gasteiger partial charge in [-0.05, 0) is 49.1 Å². The molecule has 1 N–H and O–H groups in total. The Balaban J connectivity index is 1.71. The van der Waals surface area contributed by atoms with Gasteiger partial charge in [0.2, 0.25) is 0 Å². The lowest BCUT2D eigenvalue weighted by Crippen LogP contribution is -2.40. The van der Waals surface area contributed by atoms with Crippen molar-refractivity contribution in [1.29, 1.82) is 0 Å². The number of phenolic OH excluding ortho intramolecular Hbond substituents is 1. The van der Waals surface area contributed by atoms with E-state index in [2.05, 4.69) is 0 Å². The van der Waals surface area contributed by atoms with Gasteiger partial charge in [0.05, 0.1) is 10.4 Å². The smallest absolute Gasteiger partial charge is 0.253 e. The SMILES string of the molecule is O=C(CCc1ccc(O)c(F)c1)[C@@H]1CCCN1S(=O)(=O)c1ccc(Cl)s1. The number of aromatic hydroxyl groups is 1. The summed E-state index contributed by atoms with van der Waals surface area (Å²) in [5.74, 6) is -1.38. The van der Waals surface area contributed by atoms with Gasteiger partial charge in [-0.3, -0.25) is 4.79 Å². The van der Waals surface area contributed by atoms with E-state index >= 15 is 0 Å². The second-order valence-electron chi connectivity index (χ2n) is 6.08. The van der Waals surface area contributed by atoms with Crippen LogP contribution in [0.1, 0.15) is 24.8 Å². The van der Waals surface area contributed by atoms with Crippen molar-refractivity contribution >= 4 is 38.7 Å². The molecule has 0 aliphatic carbocycles. The largest absolute Gasteiger partial charge is 0.505 e. The highest BCUT2D eigenvalue weighted by molar-refractivity contribution is 7.91. The van der Waals surface area contributed by atoms with Gasteiger partial charge in [0.15, 0.2) is 17.3 Å². The molecule has 1 aliphatic heterocycles. The maximum atomic E-state index is 13.4. The van der Waals surface area contributed by atoms with Crippen LogP contribution in [-0.4, -0.2) is 36.2 Å². The number of carbonyl (C=O) groups excluding carboxylic acids is 1. The van der Waals surface area contributed by atoms with Gasteiger partial charge in [-0.25, -0.2) is 12.8 Å². The molecule has 0 saturated carbocycles. The molecule has 5 nitrogen and oxygen atoms in total. The lowest BCUT2D eigenvalue weighted by molar-refractivity contribution is -0.122. The molecule has 0 amide bonds. The third kappa shape index (κ3) is 3.93. The molecule has 9 heteroatoms. The average Bonchev–Trinajstić information content (AvgIpc) is 3.25. The number of rotatable bonds is 6. The number of aryl methyl sites for hydroxylation is 1. The molecule has 1 aromatic carbocycles. The Morgan fingerprint density at radius 3 is 2.77 bits per heavy atom. The van der Waals surface area contributed by atoms with Gasteiger partial charge in [0, 0.05) is 13.0 Å². The van der Waals surface area contributed by atoms with E-state index in [1.54, 1.807) is 6.07 Å². The summed E-state index contributed by atoms with van der Waals surface area (Å²) in [5, 5.41) is 9.20. The van der Waals surface area contributed by atoms with Gasteiger partial charge < -0.3 is 5.11 Å². The average molecular weight is 418 g/mol. The minimum absolute atomic E-state index is 0.103. The van der Waals surface area contributed by atoms with Crippen molar-refractivity contribution in [3.63, 3.8) is 0 Å². The molecule has 3 rings (SSSR count). The molecule has 1 aromatic heterocycles. The van der Waals surface area contributed by atoms with Crippen molar-refractivity contribution in [3.05, 3.63) is 46.0 Å². The van der Waals surface area contributed by atoms with Gasteiger partial charge >= 0.3 is 0 Å². The molecule has 2 aromatic rings. The maximum Gasteiger partial charge on any atom is 0.253 e. The topological polar surface area (TPSA) is 74.7 Å². The van der Waals surface area contributed by atoms with Crippen LogP contribution in [-0.2, 0) is 21.2 Å². The Morgan fingerprint density at radius 2 is 2.12 bits per heavy atom. The number of hydrogen-bond acceptors (Lipinski definition) is 5. The van der Waals surface area contributed by atoms with E-state index in [0.29, 0.717) is 29.3 Å². The van der Waals surface area contributed by atoms with Gasteiger partial charge in [-0.1, -0.05) is 17.7 Å². The fourth-order valence-corrected chi connectivity index (χ4v) is 6.33. The molecule has 0 bridgehead atoms. The summed E-state index contributed by atoms with van der Waals surface area (Å²) in [6.07, 6.45) is 1.47. The summed E-state index contributed by atoms with van der Waals surface area (Å²) in [5.41, 5.74) is 0.575. The number of ketones is 1. The Hall–Kier alpha value is -1.48. The third-order valence-electron chi connectivity index (χ3n) is 4.36. The van der Waals surface area contributed by atoms with E-state index < -0.39 is 27.6 Å². The zero-order valence-electron chi connectivity index (χ0n) is 13.7. The quantitative estimate of drug-likeness (QED) is 0.779. The Labute approximate surface area is 160 Å². The van der Waals surface area contributed by atoms with Crippen molar-refractivity contribution in [1.82, 2.24) is 4.31 Å². The zero-order valence-corrected chi connectivity index (χ0v) is 16.1. The minimum atomic E-state index is -3.75. The maximum absolute atomic E-state index is 13.4. The molecule has 1 saturated heterocycles. The van der Waals surface area contributed by atoms with E-state index in [9.17, 15) is 22.7 Å². The van der Waals surface area contributed by atoms with E-state index in [1.807, 2.05) is 0 Å². The lowest BCUT2D eigenvalue weighted by Gasteiger charge is -2.22. The Morgan fingerprint density at radius 1 is 1.35 bits per heavy atom. The van der Waals surface area contributed by atoms with Gasteiger partial charge in [0.1, 0.15) is 4.21 Å². The van der Waals surface area contributed by atoms with Crippen LogP contribution < -0.4 is 0 Å². The van der Waals surface area contributed by atoms with Crippen LogP contribution in [0.5, 0.6) is 5.75 Å². The number of phenols is 1. The predicted molar refractivity (Wildman–Crippen MR) is 97.6 cm³/mol. The number of halogens is 2. The highest BCUT2D eigenvalue weighted by Crippen LogP contribution is 2.32. The molecule has 1 aliphatic rings. The van der Waals surface area contributed by atoms with Crippen LogP contribution in [0.3, 0.4) is 0 Å². The molecule has 1 atom stereocenters. The fourth-order valence-electron chi connectivity index (χ4n) is 3.04. The number of benzene rings is 1. The first kappa shape index (κ1) is 19.3. The number of Topliss-reactive ketones (excluding diaryl/α,β-unsaturated/α-hetero) is 1. The highest BCUT2D eigenvalue weighted by Gasteiger charge is 2.39. The number of thiophene rings is 1. The summed E-state index contributed by atoms with van der Waals surface area (Å²) in [4.78, 5) is 12.6. The van der Waals surface area contributed by atoms with Crippen molar-refractivity contribution < 1.29 is 22.7 Å². The Kier molecular flexibility index (Phi) is 5.67. The number of hydrogen-bond donors (Lipinski definition) is 1. The first-order valence-electron chi connectivity index (χ1n) is 8.06. The molecule has 26 heavy (non-hydrogen) atoms. The Bertz CT molecular complexity index is 929. The first-order chi connectivity index (χ1) is 12.3. The van der Waals surface area contributed by atoms with Crippen LogP contribution >= 0.6 is 22.9 Å². The number of nitrogens with zero attached hydrogens (tertiary/aromatic N) is 1. The van der Waals surface area contributed by atoms with Crippen molar-refractivity contribution in [2.75, 3.05) is 6.54 Å². The first-order valence-corrected chi connectivity index (χ1v) is 10.7. The van der Waals surface area contributed by atoms with Crippen molar-refractivity contribution in [2.45, 2.75) is 35.9 Å². The molecule has 0 spiro atoms. The lowest BCUT2D eigenvalue weighted by atomic mass is 10.0. The normalized spacial score (nSPS) is 18.3. The van der Waals surface area contributed by atoms with Crippen molar-refractivity contribution in [3.8, 4) is 5.75 Å². The summed E-state index contributed by atoms with van der Waals surface area (Å²) < 4.78 is 40.7. The summed E-state index contributed by atoms with van der Waals surface area (Å²) in [6.45, 7) is 0.294. The highest BCUT2D eigenvalue weighted by atomic mass is 35.5. The number of carbonyl (C=O) groups is 1. The summed E-state index contributed by atoms with van der Waals surface area (Å²) in [6, 6.07) is 6.22. The standard InChI is InChI=1S/C17H17ClFNO4S2/c18-16-7-8-17(25-16)26(23,24)20-9-1-2-13(20)15(22)6-4-11-3-5-14(21)12(19)10-11/h3,5,7-8,10,13,21H,1-2,4,6,9H2/t13-/m0/s1. The van der Waals surface area contributed by atoms with E-state index in [1.165, 1.54) is 28.6 Å². The summed E-state index contributed by atoms with van der Waals surface area (Å²) in [7, 11) is -3.75. The van der Waals surface area contributed by atoms with E-state index in [0.717, 1.165) is 11.3 Å². The van der Waals surface area contributed by atoms with Crippen LogP contribution in [0.2, 0.25) is 4.34 Å². The van der Waals surface area contributed by atoms with E-state index in [4.69, 9.17) is 11.6 Å². The molecular weight excluding hydrogens is 401 g/mol. The second-order valence-corrected chi connectivity index (χ2v) is 9.92. The van der Waals surface area contributed by atoms with Crippen LogP contribution in [0.25, 0.3) is 0 Å². The molecule has 1 fully saturated rings. The fraction of sp³-hybridized carbons (Fsp3) is 0.353. The van der Waals surface area contributed by atoms with Gasteiger partial charge in [-0.15, -0.1) is 11.3 Å². The van der Waals surface area contributed by atoms with Crippen LogP contribution in [0.15, 0.2) is 34.5 Å². The zero-order chi connectivity index (χ0) is 18.9. The summed E-state index contributed by atoms with van der Waals surface area (Å²) >= 11 is 6.80. The monoisotopic (exact) mass is 417 g/mol.